The van der Waals surface area contributed by atoms with Gasteiger partial charge in [0.1, 0.15) is 12.4 Å². The smallest absolute Gasteiger partial charge is 0.257 e. The topological polar surface area (TPSA) is 67.7 Å². The lowest BCUT2D eigenvalue weighted by Gasteiger charge is -2.26. The van der Waals surface area contributed by atoms with Crippen molar-refractivity contribution in [2.45, 2.75) is 40.0 Å². The van der Waals surface area contributed by atoms with Gasteiger partial charge < -0.3 is 14.5 Å². The van der Waals surface area contributed by atoms with Gasteiger partial charge in [0.25, 0.3) is 5.91 Å². The molecule has 0 bridgehead atoms. The summed E-state index contributed by atoms with van der Waals surface area (Å²) in [6.45, 7) is 7.93. The Morgan fingerprint density at radius 2 is 2.07 bits per heavy atom. The molecule has 1 aliphatic heterocycles. The Labute approximate surface area is 176 Å². The normalized spacial score (nSPS) is 17.5. The van der Waals surface area contributed by atoms with E-state index in [1.165, 1.54) is 17.2 Å². The van der Waals surface area contributed by atoms with E-state index in [1.807, 2.05) is 20.8 Å². The highest BCUT2D eigenvalue weighted by molar-refractivity contribution is 5.96. The first-order valence-electron chi connectivity index (χ1n) is 10.3. The number of carbonyl (C=O) groups excluding carboxylic acids is 2. The van der Waals surface area contributed by atoms with Crippen LogP contribution in [0, 0.1) is 11.7 Å². The second-order valence-corrected chi connectivity index (χ2v) is 7.99. The minimum atomic E-state index is -0.417. The van der Waals surface area contributed by atoms with Crippen molar-refractivity contribution < 1.29 is 18.7 Å². The van der Waals surface area contributed by atoms with Gasteiger partial charge in [-0.3, -0.25) is 14.3 Å². The Balaban J connectivity index is 1.77. The molecule has 0 spiro atoms. The quantitative estimate of drug-likeness (QED) is 0.696. The highest BCUT2D eigenvalue weighted by atomic mass is 19.1. The van der Waals surface area contributed by atoms with Gasteiger partial charge in [-0.25, -0.2) is 4.39 Å². The monoisotopic (exact) mass is 416 g/mol. The SMILES string of the molecule is CCn1cc(C(=O)N2CC(=O)N(CC(C)C)CC(OCc3ccccc3F)C2)cn1. The molecule has 3 rings (SSSR count). The molecule has 2 aromatic rings. The molecule has 2 amide bonds. The molecular weight excluding hydrogens is 387 g/mol. The molecular formula is C22H29FN4O3. The first kappa shape index (κ1) is 22.0. The fraction of sp³-hybridized carbons (Fsp3) is 0.500. The van der Waals surface area contributed by atoms with Crippen LogP contribution in [0.1, 0.15) is 36.7 Å². The molecule has 0 N–H and O–H groups in total. The molecule has 1 fully saturated rings. The van der Waals surface area contributed by atoms with Crippen LogP contribution in [0.15, 0.2) is 36.7 Å². The summed E-state index contributed by atoms with van der Waals surface area (Å²) in [6, 6.07) is 6.45. The summed E-state index contributed by atoms with van der Waals surface area (Å²) in [5.41, 5.74) is 0.889. The van der Waals surface area contributed by atoms with Crippen molar-refractivity contribution >= 4 is 11.8 Å². The standard InChI is InChI=1S/C22H29FN4O3/c1-4-27-11-18(9-24-27)22(29)26-13-19(12-25(10-16(2)3)21(28)14-26)30-15-17-7-5-6-8-20(17)23/h5-9,11,16,19H,4,10,12-15H2,1-3H3. The molecule has 0 aliphatic carbocycles. The van der Waals surface area contributed by atoms with Crippen molar-refractivity contribution in [3.05, 3.63) is 53.6 Å². The van der Waals surface area contributed by atoms with Gasteiger partial charge in [0, 0.05) is 37.9 Å². The molecule has 1 saturated heterocycles. The van der Waals surface area contributed by atoms with E-state index in [2.05, 4.69) is 5.10 Å². The fourth-order valence-electron chi connectivity index (χ4n) is 3.51. The number of ether oxygens (including phenoxy) is 1. The van der Waals surface area contributed by atoms with E-state index in [0.29, 0.717) is 30.8 Å². The van der Waals surface area contributed by atoms with Crippen LogP contribution in [0.4, 0.5) is 4.39 Å². The lowest BCUT2D eigenvalue weighted by Crippen LogP contribution is -2.40. The van der Waals surface area contributed by atoms with E-state index in [-0.39, 0.29) is 43.2 Å². The van der Waals surface area contributed by atoms with Gasteiger partial charge in [0.05, 0.1) is 24.5 Å². The van der Waals surface area contributed by atoms with Crippen LogP contribution in [-0.2, 0) is 22.7 Å². The maximum atomic E-state index is 14.0. The molecule has 1 aliphatic rings. The van der Waals surface area contributed by atoms with Crippen molar-refractivity contribution in [1.82, 2.24) is 19.6 Å². The summed E-state index contributed by atoms with van der Waals surface area (Å²) in [4.78, 5) is 29.1. The fourth-order valence-corrected chi connectivity index (χ4v) is 3.51. The number of aromatic nitrogens is 2. The molecule has 162 valence electrons. The molecule has 1 aromatic heterocycles. The van der Waals surface area contributed by atoms with E-state index in [1.54, 1.807) is 34.0 Å². The summed E-state index contributed by atoms with van der Waals surface area (Å²) in [5.74, 6) is -0.418. The third-order valence-electron chi connectivity index (χ3n) is 5.04. The maximum Gasteiger partial charge on any atom is 0.257 e. The minimum absolute atomic E-state index is 0.0115. The van der Waals surface area contributed by atoms with Crippen LogP contribution in [0.2, 0.25) is 0 Å². The first-order chi connectivity index (χ1) is 14.4. The second kappa shape index (κ2) is 9.84. The van der Waals surface area contributed by atoms with Gasteiger partial charge in [0.2, 0.25) is 5.91 Å². The number of halogens is 1. The van der Waals surface area contributed by atoms with E-state index in [9.17, 15) is 14.0 Å². The predicted octanol–water partition coefficient (Wildman–Crippen LogP) is 2.57. The molecule has 30 heavy (non-hydrogen) atoms. The molecule has 7 nitrogen and oxygen atoms in total. The first-order valence-corrected chi connectivity index (χ1v) is 10.3. The summed E-state index contributed by atoms with van der Waals surface area (Å²) in [5, 5.41) is 4.15. The number of aryl methyl sites for hydroxylation is 1. The highest BCUT2D eigenvalue weighted by Gasteiger charge is 2.32. The molecule has 2 heterocycles. The van der Waals surface area contributed by atoms with Gasteiger partial charge in [-0.05, 0) is 18.9 Å². The summed E-state index contributed by atoms with van der Waals surface area (Å²) in [7, 11) is 0. The molecule has 1 unspecified atom stereocenters. The molecule has 0 saturated carbocycles. The summed E-state index contributed by atoms with van der Waals surface area (Å²) < 4.78 is 21.6. The Bertz CT molecular complexity index is 883. The zero-order chi connectivity index (χ0) is 21.7. The number of carbonyl (C=O) groups is 2. The van der Waals surface area contributed by atoms with E-state index < -0.39 is 6.10 Å². The van der Waals surface area contributed by atoms with Crippen molar-refractivity contribution in [2.24, 2.45) is 5.92 Å². The zero-order valence-corrected chi connectivity index (χ0v) is 17.8. The van der Waals surface area contributed by atoms with E-state index in [4.69, 9.17) is 4.74 Å². The lowest BCUT2D eigenvalue weighted by atomic mass is 10.2. The van der Waals surface area contributed by atoms with Crippen LogP contribution in [0.25, 0.3) is 0 Å². The Morgan fingerprint density at radius 3 is 2.73 bits per heavy atom. The number of amides is 2. The third kappa shape index (κ3) is 5.44. The van der Waals surface area contributed by atoms with Gasteiger partial charge >= 0.3 is 0 Å². The summed E-state index contributed by atoms with van der Waals surface area (Å²) in [6.07, 6.45) is 2.78. The molecule has 1 atom stereocenters. The second-order valence-electron chi connectivity index (χ2n) is 7.99. The number of hydrogen-bond acceptors (Lipinski definition) is 4. The lowest BCUT2D eigenvalue weighted by molar-refractivity contribution is -0.132. The maximum absolute atomic E-state index is 14.0. The Morgan fingerprint density at radius 1 is 1.30 bits per heavy atom. The number of nitrogens with zero attached hydrogens (tertiary/aromatic N) is 4. The van der Waals surface area contributed by atoms with Gasteiger partial charge in [-0.2, -0.15) is 5.10 Å². The zero-order valence-electron chi connectivity index (χ0n) is 17.8. The van der Waals surface area contributed by atoms with Gasteiger partial charge in [0.15, 0.2) is 0 Å². The van der Waals surface area contributed by atoms with Crippen molar-refractivity contribution in [3.63, 3.8) is 0 Å². The molecule has 1 aromatic carbocycles. The average molecular weight is 416 g/mol. The predicted molar refractivity (Wildman–Crippen MR) is 110 cm³/mol. The molecule has 0 radical (unpaired) electrons. The highest BCUT2D eigenvalue weighted by Crippen LogP contribution is 2.16. The van der Waals surface area contributed by atoms with Gasteiger partial charge in [-0.15, -0.1) is 0 Å². The van der Waals surface area contributed by atoms with Crippen LogP contribution < -0.4 is 0 Å². The van der Waals surface area contributed by atoms with Gasteiger partial charge in [-0.1, -0.05) is 32.0 Å². The van der Waals surface area contributed by atoms with Crippen LogP contribution in [0.5, 0.6) is 0 Å². The van der Waals surface area contributed by atoms with E-state index in [0.717, 1.165) is 0 Å². The van der Waals surface area contributed by atoms with Crippen LogP contribution >= 0.6 is 0 Å². The largest absolute Gasteiger partial charge is 0.370 e. The number of hydrogen-bond donors (Lipinski definition) is 0. The Kier molecular flexibility index (Phi) is 7.20. The van der Waals surface area contributed by atoms with E-state index >= 15 is 0 Å². The van der Waals surface area contributed by atoms with Crippen molar-refractivity contribution in [3.8, 4) is 0 Å². The van der Waals surface area contributed by atoms with Crippen LogP contribution in [-0.4, -0.2) is 63.7 Å². The number of rotatable bonds is 7. The van der Waals surface area contributed by atoms with Crippen molar-refractivity contribution in [1.29, 1.82) is 0 Å². The van der Waals surface area contributed by atoms with Crippen molar-refractivity contribution in [2.75, 3.05) is 26.2 Å². The minimum Gasteiger partial charge on any atom is -0.370 e. The summed E-state index contributed by atoms with van der Waals surface area (Å²) >= 11 is 0. The number of benzene rings is 1. The Hall–Kier alpha value is -2.74. The average Bonchev–Trinajstić information content (AvgIpc) is 3.14. The van der Waals surface area contributed by atoms with Crippen LogP contribution in [0.3, 0.4) is 0 Å². The molecule has 8 heteroatoms. The third-order valence-corrected chi connectivity index (χ3v) is 5.04.